The summed E-state index contributed by atoms with van der Waals surface area (Å²) in [5, 5.41) is 15.2. The van der Waals surface area contributed by atoms with Crippen LogP contribution in [0.1, 0.15) is 5.56 Å². The zero-order chi connectivity index (χ0) is 14.0. The molecule has 1 fully saturated rings. The van der Waals surface area contributed by atoms with Gasteiger partial charge < -0.3 is 0 Å². The predicted molar refractivity (Wildman–Crippen MR) is 70.0 cm³/mol. The lowest BCUT2D eigenvalue weighted by Gasteiger charge is -2.16. The van der Waals surface area contributed by atoms with E-state index in [9.17, 15) is 19.7 Å². The molecule has 7 nitrogen and oxygen atoms in total. The Morgan fingerprint density at radius 3 is 2.32 bits per heavy atom. The van der Waals surface area contributed by atoms with Crippen LogP contribution in [-0.4, -0.2) is 21.9 Å². The van der Waals surface area contributed by atoms with Gasteiger partial charge in [-0.25, -0.2) is 0 Å². The molecule has 8 heteroatoms. The molecule has 2 amide bonds. The molecule has 1 aliphatic heterocycles. The van der Waals surface area contributed by atoms with Crippen LogP contribution in [0.5, 0.6) is 0 Å². The third-order valence-corrected chi connectivity index (χ3v) is 2.58. The van der Waals surface area contributed by atoms with E-state index in [2.05, 4.69) is 22.9 Å². The number of nitro groups is 1. The Labute approximate surface area is 112 Å². The van der Waals surface area contributed by atoms with Gasteiger partial charge in [0.2, 0.25) is 0 Å². The smallest absolute Gasteiger partial charge is 0.276 e. The van der Waals surface area contributed by atoms with Crippen molar-refractivity contribution in [2.45, 2.75) is 0 Å². The van der Waals surface area contributed by atoms with Crippen LogP contribution >= 0.6 is 12.2 Å². The van der Waals surface area contributed by atoms with Crippen molar-refractivity contribution in [2.24, 2.45) is 0 Å². The lowest BCUT2D eigenvalue weighted by Crippen LogP contribution is -2.51. The lowest BCUT2D eigenvalue weighted by atomic mass is 10.1. The van der Waals surface area contributed by atoms with E-state index in [1.54, 1.807) is 6.07 Å². The summed E-state index contributed by atoms with van der Waals surface area (Å²) in [6.45, 7) is 0. The molecule has 0 radical (unpaired) electrons. The van der Waals surface area contributed by atoms with Gasteiger partial charge in [-0.05, 0) is 24.4 Å². The molecule has 0 unspecified atom stereocenters. The number of benzene rings is 1. The Balaban J connectivity index is 2.46. The van der Waals surface area contributed by atoms with Crippen molar-refractivity contribution in [1.82, 2.24) is 10.6 Å². The van der Waals surface area contributed by atoms with Gasteiger partial charge in [0.1, 0.15) is 5.57 Å². The summed E-state index contributed by atoms with van der Waals surface area (Å²) in [5.41, 5.74) is -0.257. The van der Waals surface area contributed by atoms with Gasteiger partial charge in [-0.2, -0.15) is 0 Å². The summed E-state index contributed by atoms with van der Waals surface area (Å²) in [7, 11) is 0. The van der Waals surface area contributed by atoms with Gasteiger partial charge in [0.25, 0.3) is 17.5 Å². The van der Waals surface area contributed by atoms with E-state index in [1.807, 2.05) is 0 Å². The Morgan fingerprint density at radius 1 is 1.16 bits per heavy atom. The van der Waals surface area contributed by atoms with Crippen molar-refractivity contribution in [3.63, 3.8) is 0 Å². The van der Waals surface area contributed by atoms with Gasteiger partial charge >= 0.3 is 0 Å². The summed E-state index contributed by atoms with van der Waals surface area (Å²) >= 11 is 4.65. The molecule has 0 aliphatic carbocycles. The first-order valence-corrected chi connectivity index (χ1v) is 5.51. The first kappa shape index (κ1) is 12.8. The highest BCUT2D eigenvalue weighted by molar-refractivity contribution is 7.80. The van der Waals surface area contributed by atoms with Crippen LogP contribution in [-0.2, 0) is 9.59 Å². The van der Waals surface area contributed by atoms with E-state index >= 15 is 0 Å². The molecule has 0 saturated carbocycles. The van der Waals surface area contributed by atoms with Gasteiger partial charge in [0.05, 0.1) is 10.5 Å². The summed E-state index contributed by atoms with van der Waals surface area (Å²) in [4.78, 5) is 33.5. The van der Waals surface area contributed by atoms with Crippen LogP contribution in [0, 0.1) is 10.1 Å². The second-order valence-corrected chi connectivity index (χ2v) is 4.02. The number of thiocarbonyl (C=S) groups is 1. The number of nitrogens with one attached hydrogen (secondary N) is 2. The van der Waals surface area contributed by atoms with Gasteiger partial charge in [-0.3, -0.25) is 30.3 Å². The molecule has 1 heterocycles. The third kappa shape index (κ3) is 2.63. The fourth-order valence-corrected chi connectivity index (χ4v) is 1.72. The monoisotopic (exact) mass is 277 g/mol. The summed E-state index contributed by atoms with van der Waals surface area (Å²) in [6.07, 6.45) is 1.16. The molecule has 19 heavy (non-hydrogen) atoms. The van der Waals surface area contributed by atoms with Crippen LogP contribution < -0.4 is 10.6 Å². The minimum Gasteiger partial charge on any atom is -0.299 e. The fourth-order valence-electron chi connectivity index (χ4n) is 1.54. The molecule has 1 saturated heterocycles. The Morgan fingerprint density at radius 2 is 1.74 bits per heavy atom. The van der Waals surface area contributed by atoms with E-state index in [4.69, 9.17) is 0 Å². The largest absolute Gasteiger partial charge is 0.299 e. The van der Waals surface area contributed by atoms with Crippen LogP contribution in [0.25, 0.3) is 6.08 Å². The number of nitrogens with zero attached hydrogens (tertiary/aromatic N) is 1. The molecule has 96 valence electrons. The van der Waals surface area contributed by atoms with Gasteiger partial charge in [-0.1, -0.05) is 12.1 Å². The molecule has 2 rings (SSSR count). The molecule has 0 atom stereocenters. The second kappa shape index (κ2) is 4.94. The first-order valence-electron chi connectivity index (χ1n) is 5.11. The van der Waals surface area contributed by atoms with Crippen molar-refractivity contribution in [1.29, 1.82) is 0 Å². The van der Waals surface area contributed by atoms with Crippen molar-refractivity contribution in [2.75, 3.05) is 0 Å². The molecule has 1 aromatic rings. The molecule has 2 N–H and O–H groups in total. The highest BCUT2D eigenvalue weighted by atomic mass is 32.1. The minimum atomic E-state index is -0.688. The van der Waals surface area contributed by atoms with E-state index < -0.39 is 16.7 Å². The average Bonchev–Trinajstić information content (AvgIpc) is 2.34. The number of carbonyl (C=O) groups excluding carboxylic acids is 2. The van der Waals surface area contributed by atoms with Crippen molar-refractivity contribution < 1.29 is 14.5 Å². The number of nitro benzene ring substituents is 1. The van der Waals surface area contributed by atoms with Crippen LogP contribution in [0.3, 0.4) is 0 Å². The molecule has 1 aromatic carbocycles. The van der Waals surface area contributed by atoms with Crippen LogP contribution in [0.15, 0.2) is 29.8 Å². The Hall–Kier alpha value is -2.61. The van der Waals surface area contributed by atoms with E-state index in [-0.39, 0.29) is 21.9 Å². The maximum atomic E-state index is 11.6. The van der Waals surface area contributed by atoms with Crippen LogP contribution in [0.4, 0.5) is 5.69 Å². The van der Waals surface area contributed by atoms with Crippen molar-refractivity contribution in [3.8, 4) is 0 Å². The molecule has 0 spiro atoms. The normalized spacial score (nSPS) is 14.7. The maximum absolute atomic E-state index is 11.6. The summed E-state index contributed by atoms with van der Waals surface area (Å²) in [5.74, 6) is -1.38. The number of hydrogen-bond donors (Lipinski definition) is 2. The van der Waals surface area contributed by atoms with Gasteiger partial charge in [0.15, 0.2) is 5.11 Å². The van der Waals surface area contributed by atoms with Gasteiger partial charge in [0, 0.05) is 6.07 Å². The van der Waals surface area contributed by atoms with Crippen molar-refractivity contribution >= 4 is 40.9 Å². The number of carbonyl (C=O) groups is 2. The third-order valence-electron chi connectivity index (χ3n) is 2.38. The average molecular weight is 277 g/mol. The quantitative estimate of drug-likeness (QED) is 0.269. The Bertz CT molecular complexity index is 617. The van der Waals surface area contributed by atoms with E-state index in [0.29, 0.717) is 0 Å². The number of rotatable bonds is 2. The molecular formula is C11H7N3O4S. The second-order valence-electron chi connectivity index (χ2n) is 3.61. The predicted octanol–water partition coefficient (Wildman–Crippen LogP) is 0.509. The SMILES string of the molecule is O=C1NC(=S)NC(=O)C1=Cc1ccccc1[N+](=O)[O-]. The highest BCUT2D eigenvalue weighted by Crippen LogP contribution is 2.21. The maximum Gasteiger partial charge on any atom is 0.276 e. The summed E-state index contributed by atoms with van der Waals surface area (Å²) in [6, 6.07) is 5.80. The zero-order valence-corrected chi connectivity index (χ0v) is 10.2. The molecular weight excluding hydrogens is 270 g/mol. The van der Waals surface area contributed by atoms with Gasteiger partial charge in [-0.15, -0.1) is 0 Å². The molecule has 0 bridgehead atoms. The Kier molecular flexibility index (Phi) is 3.34. The number of para-hydroxylation sites is 1. The van der Waals surface area contributed by atoms with Crippen LogP contribution in [0.2, 0.25) is 0 Å². The topological polar surface area (TPSA) is 101 Å². The van der Waals surface area contributed by atoms with Crippen molar-refractivity contribution in [3.05, 3.63) is 45.5 Å². The fraction of sp³-hybridized carbons (Fsp3) is 0. The first-order chi connectivity index (χ1) is 8.99. The van der Waals surface area contributed by atoms with E-state index in [0.717, 1.165) is 6.08 Å². The lowest BCUT2D eigenvalue weighted by molar-refractivity contribution is -0.385. The summed E-state index contributed by atoms with van der Waals surface area (Å²) < 4.78 is 0. The zero-order valence-electron chi connectivity index (χ0n) is 9.38. The molecule has 1 aliphatic rings. The standard InChI is InChI=1S/C11H7N3O4S/c15-9-7(10(16)13-11(19)12-9)5-6-3-1-2-4-8(6)14(17)18/h1-5H,(H2,12,13,15,16,19). The molecule has 0 aromatic heterocycles. The van der Waals surface area contributed by atoms with E-state index in [1.165, 1.54) is 18.2 Å². The highest BCUT2D eigenvalue weighted by Gasteiger charge is 2.26. The minimum absolute atomic E-state index is 0.0882. The number of hydrogen-bond acceptors (Lipinski definition) is 5. The number of amides is 2.